The maximum absolute atomic E-state index is 12.8. The van der Waals surface area contributed by atoms with Crippen LogP contribution in [0.1, 0.15) is 31.1 Å². The summed E-state index contributed by atoms with van der Waals surface area (Å²) in [6, 6.07) is 24.1. The minimum absolute atomic E-state index is 0.175. The molecule has 0 aliphatic carbocycles. The molecule has 184 valence electrons. The molecule has 0 radical (unpaired) electrons. The number of benzene rings is 3. The van der Waals surface area contributed by atoms with Crippen LogP contribution in [0.4, 0.5) is 0 Å². The third kappa shape index (κ3) is 5.76. The Morgan fingerprint density at radius 3 is 1.50 bits per heavy atom. The van der Waals surface area contributed by atoms with Crippen molar-refractivity contribution in [2.45, 2.75) is 24.4 Å². The van der Waals surface area contributed by atoms with Gasteiger partial charge in [-0.05, 0) is 36.4 Å². The Morgan fingerprint density at radius 2 is 1.06 bits per heavy atom. The summed E-state index contributed by atoms with van der Waals surface area (Å²) in [6.07, 6.45) is -5.73. The van der Waals surface area contributed by atoms with Gasteiger partial charge in [-0.2, -0.15) is 0 Å². The summed E-state index contributed by atoms with van der Waals surface area (Å²) in [7, 11) is 0. The maximum Gasteiger partial charge on any atom is 0.338 e. The molecule has 0 spiro atoms. The zero-order valence-electron chi connectivity index (χ0n) is 18.9. The molecule has 9 nitrogen and oxygen atoms in total. The van der Waals surface area contributed by atoms with Gasteiger partial charge in [-0.1, -0.05) is 54.6 Å². The predicted molar refractivity (Wildman–Crippen MR) is 124 cm³/mol. The zero-order valence-corrected chi connectivity index (χ0v) is 18.9. The van der Waals surface area contributed by atoms with Gasteiger partial charge in [-0.3, -0.25) is 0 Å². The SMILES string of the molecule is O=C(OC[C@H]1OC(C(=O)O)[C@H](OC(=O)c2ccccc2)[C@@H]1OC(=O)c1ccccc1)c1ccccc1. The Labute approximate surface area is 206 Å². The van der Waals surface area contributed by atoms with E-state index in [1.54, 1.807) is 66.7 Å². The van der Waals surface area contributed by atoms with E-state index < -0.39 is 54.9 Å². The summed E-state index contributed by atoms with van der Waals surface area (Å²) in [6.45, 7) is -0.441. The van der Waals surface area contributed by atoms with Gasteiger partial charge < -0.3 is 24.1 Å². The fourth-order valence-corrected chi connectivity index (χ4v) is 3.68. The molecule has 1 saturated heterocycles. The number of rotatable bonds is 8. The van der Waals surface area contributed by atoms with Crippen molar-refractivity contribution in [2.75, 3.05) is 6.61 Å². The van der Waals surface area contributed by atoms with Crippen LogP contribution in [0, 0.1) is 0 Å². The highest BCUT2D eigenvalue weighted by atomic mass is 16.7. The molecule has 1 aliphatic rings. The lowest BCUT2D eigenvalue weighted by Crippen LogP contribution is -2.43. The van der Waals surface area contributed by atoms with Crippen molar-refractivity contribution in [1.29, 1.82) is 0 Å². The molecule has 4 rings (SSSR count). The topological polar surface area (TPSA) is 125 Å². The van der Waals surface area contributed by atoms with Crippen LogP contribution in [0.15, 0.2) is 91.0 Å². The largest absolute Gasteiger partial charge is 0.479 e. The second-order valence-corrected chi connectivity index (χ2v) is 7.87. The normalized spacial score (nSPS) is 20.8. The molecule has 0 amide bonds. The molecule has 1 fully saturated rings. The van der Waals surface area contributed by atoms with E-state index in [1.165, 1.54) is 24.3 Å². The number of carbonyl (C=O) groups is 4. The van der Waals surface area contributed by atoms with E-state index in [4.69, 9.17) is 18.9 Å². The first-order chi connectivity index (χ1) is 17.4. The van der Waals surface area contributed by atoms with Gasteiger partial charge in [0.05, 0.1) is 16.7 Å². The third-order valence-electron chi connectivity index (χ3n) is 5.45. The molecule has 1 N–H and O–H groups in total. The Hall–Kier alpha value is -4.50. The van der Waals surface area contributed by atoms with Crippen molar-refractivity contribution >= 4 is 23.9 Å². The number of hydrogen-bond acceptors (Lipinski definition) is 8. The Bertz CT molecular complexity index is 1210. The minimum atomic E-state index is -1.66. The summed E-state index contributed by atoms with van der Waals surface area (Å²) in [5.74, 6) is -3.71. The average Bonchev–Trinajstić information content (AvgIpc) is 3.25. The quantitative estimate of drug-likeness (QED) is 0.374. The van der Waals surface area contributed by atoms with Crippen molar-refractivity contribution in [3.63, 3.8) is 0 Å². The smallest absolute Gasteiger partial charge is 0.338 e. The monoisotopic (exact) mass is 490 g/mol. The molecule has 1 unspecified atom stereocenters. The summed E-state index contributed by atoms with van der Waals surface area (Å²) in [5.41, 5.74) is 0.647. The Kier molecular flexibility index (Phi) is 7.72. The Morgan fingerprint density at radius 1 is 0.639 bits per heavy atom. The molecule has 36 heavy (non-hydrogen) atoms. The molecule has 3 aromatic carbocycles. The van der Waals surface area contributed by atoms with Gasteiger partial charge in [0, 0.05) is 0 Å². The van der Waals surface area contributed by atoms with E-state index in [1.807, 2.05) is 0 Å². The van der Waals surface area contributed by atoms with Gasteiger partial charge in [0.15, 0.2) is 18.3 Å². The van der Waals surface area contributed by atoms with Gasteiger partial charge in [0.2, 0.25) is 0 Å². The van der Waals surface area contributed by atoms with Gasteiger partial charge in [0.25, 0.3) is 0 Å². The van der Waals surface area contributed by atoms with E-state index in [0.717, 1.165) is 0 Å². The van der Waals surface area contributed by atoms with Gasteiger partial charge in [-0.15, -0.1) is 0 Å². The fraction of sp³-hybridized carbons (Fsp3) is 0.185. The molecule has 0 aromatic heterocycles. The van der Waals surface area contributed by atoms with Crippen LogP contribution in [0.3, 0.4) is 0 Å². The zero-order chi connectivity index (χ0) is 25.5. The van der Waals surface area contributed by atoms with Crippen LogP contribution >= 0.6 is 0 Å². The van der Waals surface area contributed by atoms with Gasteiger partial charge in [0.1, 0.15) is 12.7 Å². The van der Waals surface area contributed by atoms with Crippen molar-refractivity contribution in [3.8, 4) is 0 Å². The molecule has 1 heterocycles. The van der Waals surface area contributed by atoms with Crippen molar-refractivity contribution in [1.82, 2.24) is 0 Å². The molecule has 3 aromatic rings. The summed E-state index contributed by atoms with van der Waals surface area (Å²) in [4.78, 5) is 49.9. The summed E-state index contributed by atoms with van der Waals surface area (Å²) < 4.78 is 21.9. The van der Waals surface area contributed by atoms with E-state index in [2.05, 4.69) is 0 Å². The van der Waals surface area contributed by atoms with E-state index in [9.17, 15) is 24.3 Å². The van der Waals surface area contributed by atoms with Crippen LogP contribution < -0.4 is 0 Å². The van der Waals surface area contributed by atoms with Crippen LogP contribution in [0.25, 0.3) is 0 Å². The number of carbonyl (C=O) groups excluding carboxylic acids is 3. The van der Waals surface area contributed by atoms with E-state index >= 15 is 0 Å². The lowest BCUT2D eigenvalue weighted by molar-refractivity contribution is -0.154. The number of esters is 3. The lowest BCUT2D eigenvalue weighted by atomic mass is 10.1. The van der Waals surface area contributed by atoms with Crippen LogP contribution in [0.5, 0.6) is 0 Å². The molecule has 1 aliphatic heterocycles. The highest BCUT2D eigenvalue weighted by molar-refractivity contribution is 5.91. The van der Waals surface area contributed by atoms with Crippen molar-refractivity contribution in [2.24, 2.45) is 0 Å². The Balaban J connectivity index is 1.58. The highest BCUT2D eigenvalue weighted by Gasteiger charge is 2.53. The second-order valence-electron chi connectivity index (χ2n) is 7.87. The maximum atomic E-state index is 12.8. The standard InChI is InChI=1S/C27H22O9/c28-24(29)23-22(36-27(32)19-14-8-3-9-15-19)21(35-26(31)18-12-6-2-7-13-18)20(34-23)16-33-25(30)17-10-4-1-5-11-17/h1-15,20-23H,16H2,(H,28,29)/t20-,21-,22-,23?/m1/s1. The fourth-order valence-electron chi connectivity index (χ4n) is 3.68. The lowest BCUT2D eigenvalue weighted by Gasteiger charge is -2.23. The molecular formula is C27H22O9. The number of hydrogen-bond donors (Lipinski definition) is 1. The van der Waals surface area contributed by atoms with Crippen molar-refractivity contribution in [3.05, 3.63) is 108 Å². The van der Waals surface area contributed by atoms with Gasteiger partial charge in [-0.25, -0.2) is 19.2 Å². The summed E-state index contributed by atoms with van der Waals surface area (Å²) in [5, 5.41) is 9.74. The number of aliphatic carboxylic acids is 1. The van der Waals surface area contributed by atoms with Gasteiger partial charge >= 0.3 is 23.9 Å². The number of ether oxygens (including phenoxy) is 4. The molecule has 4 atom stereocenters. The molecule has 9 heteroatoms. The van der Waals surface area contributed by atoms with Crippen LogP contribution in [-0.2, 0) is 23.7 Å². The van der Waals surface area contributed by atoms with Crippen LogP contribution in [-0.4, -0.2) is 60.0 Å². The van der Waals surface area contributed by atoms with Crippen molar-refractivity contribution < 1.29 is 43.2 Å². The number of carboxylic acid groups (broad SMARTS) is 1. The summed E-state index contributed by atoms with van der Waals surface area (Å²) >= 11 is 0. The average molecular weight is 490 g/mol. The number of carboxylic acids is 1. The highest BCUT2D eigenvalue weighted by Crippen LogP contribution is 2.29. The predicted octanol–water partition coefficient (Wildman–Crippen LogP) is 3.15. The second kappa shape index (κ2) is 11.3. The van der Waals surface area contributed by atoms with Crippen LogP contribution in [0.2, 0.25) is 0 Å². The van der Waals surface area contributed by atoms with E-state index in [0.29, 0.717) is 0 Å². The molecular weight excluding hydrogens is 468 g/mol. The minimum Gasteiger partial charge on any atom is -0.479 e. The first-order valence-electron chi connectivity index (χ1n) is 11.1. The molecule has 0 bridgehead atoms. The third-order valence-corrected chi connectivity index (χ3v) is 5.45. The first-order valence-corrected chi connectivity index (χ1v) is 11.1. The van der Waals surface area contributed by atoms with E-state index in [-0.39, 0.29) is 16.7 Å². The first kappa shape index (κ1) is 24.6. The molecule has 0 saturated carbocycles.